The Kier molecular flexibility index (Phi) is 2.76. The third kappa shape index (κ3) is 1.71. The number of hydrogen-bond donors (Lipinski definition) is 0. The van der Waals surface area contributed by atoms with Crippen molar-refractivity contribution in [3.8, 4) is 0 Å². The van der Waals surface area contributed by atoms with E-state index >= 15 is 4.39 Å². The predicted molar refractivity (Wildman–Crippen MR) is 73.8 cm³/mol. The largest absolute Gasteiger partial charge is 0.290 e. The molecule has 0 fully saturated rings. The molecule has 0 unspecified atom stereocenters. The lowest BCUT2D eigenvalue weighted by molar-refractivity contribution is -0.123. The number of allylic oxidation sites excluding steroid dienone is 1. The monoisotopic (exact) mass is 272 g/mol. The Morgan fingerprint density at radius 2 is 1.68 bits per heavy atom. The lowest BCUT2D eigenvalue weighted by Crippen LogP contribution is -2.34. The molecule has 3 rings (SSSR count). The molecule has 0 amide bonds. The highest BCUT2D eigenvalue weighted by atomic mass is 35.5. The van der Waals surface area contributed by atoms with Gasteiger partial charge in [-0.3, -0.25) is 4.79 Å². The van der Waals surface area contributed by atoms with Crippen molar-refractivity contribution in [2.24, 2.45) is 0 Å². The van der Waals surface area contributed by atoms with Crippen molar-refractivity contribution < 1.29 is 9.18 Å². The predicted octanol–water partition coefficient (Wildman–Crippen LogP) is 4.15. The summed E-state index contributed by atoms with van der Waals surface area (Å²) in [5, 5.41) is 0.265. The maximum atomic E-state index is 15.5. The minimum absolute atomic E-state index is 0.232. The van der Waals surface area contributed by atoms with Gasteiger partial charge in [-0.2, -0.15) is 0 Å². The van der Waals surface area contributed by atoms with Gasteiger partial charge in [0, 0.05) is 16.1 Å². The van der Waals surface area contributed by atoms with E-state index in [1.165, 1.54) is 6.08 Å². The molecule has 0 N–H and O–H groups in total. The third-order valence-electron chi connectivity index (χ3n) is 3.32. The number of alkyl halides is 1. The van der Waals surface area contributed by atoms with Crippen LogP contribution in [0.2, 0.25) is 5.02 Å². The van der Waals surface area contributed by atoms with Gasteiger partial charge in [0.1, 0.15) is 0 Å². The smallest absolute Gasteiger partial charge is 0.224 e. The van der Waals surface area contributed by atoms with Gasteiger partial charge in [-0.15, -0.1) is 0 Å². The summed E-state index contributed by atoms with van der Waals surface area (Å²) in [5.74, 6) is -0.598. The summed E-state index contributed by atoms with van der Waals surface area (Å²) in [4.78, 5) is 12.1. The number of carbonyl (C=O) groups excluding carboxylic acids is 1. The Bertz CT molecular complexity index is 678. The fourth-order valence-electron chi connectivity index (χ4n) is 2.40. The lowest BCUT2D eigenvalue weighted by atomic mass is 9.78. The van der Waals surface area contributed by atoms with Crippen LogP contribution in [-0.4, -0.2) is 5.78 Å². The molecule has 0 bridgehead atoms. The second kappa shape index (κ2) is 4.32. The molecule has 0 spiro atoms. The van der Waals surface area contributed by atoms with Crippen molar-refractivity contribution in [2.75, 3.05) is 0 Å². The van der Waals surface area contributed by atoms with Crippen LogP contribution in [0.3, 0.4) is 0 Å². The van der Waals surface area contributed by atoms with Crippen molar-refractivity contribution >= 4 is 23.5 Å². The molecule has 0 radical (unpaired) electrons. The Labute approximate surface area is 115 Å². The average Bonchev–Trinajstić information content (AvgIpc) is 2.44. The third-order valence-corrected chi connectivity index (χ3v) is 3.63. The summed E-state index contributed by atoms with van der Waals surface area (Å²) in [6, 6.07) is 13.5. The first kappa shape index (κ1) is 12.1. The van der Waals surface area contributed by atoms with Crippen molar-refractivity contribution in [1.29, 1.82) is 0 Å². The standard InChI is InChI=1S/C16H10ClFO/c17-13-8-4-5-11-9-10-14(19)16(18,15(11)13)12-6-2-1-3-7-12/h1-10H/t16-/m1/s1. The topological polar surface area (TPSA) is 17.1 Å². The molecule has 0 aliphatic heterocycles. The fraction of sp³-hybridized carbons (Fsp3) is 0.0625. The van der Waals surface area contributed by atoms with Gasteiger partial charge >= 0.3 is 0 Å². The molecule has 1 atom stereocenters. The molecule has 1 aliphatic carbocycles. The molecular weight excluding hydrogens is 263 g/mol. The van der Waals surface area contributed by atoms with Crippen LogP contribution in [0.25, 0.3) is 6.08 Å². The molecule has 94 valence electrons. The van der Waals surface area contributed by atoms with Crippen molar-refractivity contribution in [1.82, 2.24) is 0 Å². The van der Waals surface area contributed by atoms with Gasteiger partial charge in [0.05, 0.1) is 0 Å². The Balaban J connectivity index is 2.33. The second-order valence-electron chi connectivity index (χ2n) is 4.43. The highest BCUT2D eigenvalue weighted by Gasteiger charge is 2.45. The maximum absolute atomic E-state index is 15.5. The Morgan fingerprint density at radius 1 is 0.947 bits per heavy atom. The van der Waals surface area contributed by atoms with E-state index in [1.807, 2.05) is 0 Å². The normalized spacial score (nSPS) is 21.3. The minimum atomic E-state index is -2.20. The second-order valence-corrected chi connectivity index (χ2v) is 4.83. The molecule has 0 heterocycles. The summed E-state index contributed by atoms with van der Waals surface area (Å²) in [6.07, 6.45) is 2.87. The molecule has 1 aliphatic rings. The number of rotatable bonds is 1. The first-order valence-corrected chi connectivity index (χ1v) is 6.28. The molecular formula is C16H10ClFO. The van der Waals surface area contributed by atoms with Crippen LogP contribution in [0.4, 0.5) is 4.39 Å². The van der Waals surface area contributed by atoms with E-state index in [1.54, 1.807) is 54.6 Å². The van der Waals surface area contributed by atoms with E-state index < -0.39 is 11.5 Å². The van der Waals surface area contributed by atoms with Gasteiger partial charge in [-0.1, -0.05) is 60.1 Å². The summed E-state index contributed by atoms with van der Waals surface area (Å²) in [7, 11) is 0. The van der Waals surface area contributed by atoms with Crippen LogP contribution in [0.1, 0.15) is 16.7 Å². The zero-order valence-corrected chi connectivity index (χ0v) is 10.7. The van der Waals surface area contributed by atoms with Crippen LogP contribution >= 0.6 is 11.6 Å². The number of benzene rings is 2. The van der Waals surface area contributed by atoms with E-state index in [0.29, 0.717) is 11.1 Å². The van der Waals surface area contributed by atoms with Gasteiger partial charge in [0.2, 0.25) is 11.5 Å². The van der Waals surface area contributed by atoms with Crippen molar-refractivity contribution in [3.63, 3.8) is 0 Å². The van der Waals surface area contributed by atoms with Gasteiger partial charge in [-0.25, -0.2) is 4.39 Å². The number of fused-ring (bicyclic) bond motifs is 1. The summed E-state index contributed by atoms with van der Waals surface area (Å²) in [6.45, 7) is 0. The highest BCUT2D eigenvalue weighted by molar-refractivity contribution is 6.32. The fourth-order valence-corrected chi connectivity index (χ4v) is 2.71. The molecule has 2 aromatic carbocycles. The van der Waals surface area contributed by atoms with Gasteiger partial charge in [0.15, 0.2) is 0 Å². The molecule has 0 saturated carbocycles. The number of hydrogen-bond acceptors (Lipinski definition) is 1. The van der Waals surface area contributed by atoms with E-state index in [2.05, 4.69) is 0 Å². The zero-order valence-electron chi connectivity index (χ0n) is 9.94. The average molecular weight is 273 g/mol. The van der Waals surface area contributed by atoms with E-state index in [0.717, 1.165) is 0 Å². The minimum Gasteiger partial charge on any atom is -0.290 e. The van der Waals surface area contributed by atoms with Crippen LogP contribution in [-0.2, 0) is 10.5 Å². The SMILES string of the molecule is O=C1C=Cc2cccc(Cl)c2[C@@]1(F)c1ccccc1. The van der Waals surface area contributed by atoms with Crippen LogP contribution in [0.15, 0.2) is 54.6 Å². The molecule has 3 heteroatoms. The first-order valence-electron chi connectivity index (χ1n) is 5.90. The first-order chi connectivity index (χ1) is 9.14. The molecule has 1 nitrogen and oxygen atoms in total. The molecule has 0 aromatic heterocycles. The Hall–Kier alpha value is -1.93. The summed E-state index contributed by atoms with van der Waals surface area (Å²) >= 11 is 6.12. The highest BCUT2D eigenvalue weighted by Crippen LogP contribution is 2.43. The number of halogens is 2. The lowest BCUT2D eigenvalue weighted by Gasteiger charge is -2.29. The van der Waals surface area contributed by atoms with Gasteiger partial charge < -0.3 is 0 Å². The number of ketones is 1. The van der Waals surface area contributed by atoms with Gasteiger partial charge in [0.25, 0.3) is 0 Å². The van der Waals surface area contributed by atoms with Gasteiger partial charge in [-0.05, 0) is 17.7 Å². The summed E-state index contributed by atoms with van der Waals surface area (Å²) < 4.78 is 15.5. The zero-order chi connectivity index (χ0) is 13.5. The van der Waals surface area contributed by atoms with E-state index in [9.17, 15) is 4.79 Å². The Morgan fingerprint density at radius 3 is 2.42 bits per heavy atom. The van der Waals surface area contributed by atoms with E-state index in [4.69, 9.17) is 11.6 Å². The molecule has 19 heavy (non-hydrogen) atoms. The van der Waals surface area contributed by atoms with E-state index in [-0.39, 0.29) is 10.6 Å². The van der Waals surface area contributed by atoms with Crippen molar-refractivity contribution in [2.45, 2.75) is 5.67 Å². The van der Waals surface area contributed by atoms with Crippen LogP contribution in [0.5, 0.6) is 0 Å². The molecule has 0 saturated heterocycles. The van der Waals surface area contributed by atoms with Crippen molar-refractivity contribution in [3.05, 3.63) is 76.3 Å². The number of carbonyl (C=O) groups is 1. The summed E-state index contributed by atoms with van der Waals surface area (Å²) in [5.41, 5.74) is -1.03. The van der Waals surface area contributed by atoms with Crippen LogP contribution in [0, 0.1) is 0 Å². The quantitative estimate of drug-likeness (QED) is 0.762. The molecule has 2 aromatic rings. The van der Waals surface area contributed by atoms with Crippen LogP contribution < -0.4 is 0 Å². The maximum Gasteiger partial charge on any atom is 0.224 e.